The van der Waals surface area contributed by atoms with Crippen molar-refractivity contribution in [3.8, 4) is 0 Å². The molecule has 0 amide bonds. The number of imidazole rings is 1. The average Bonchev–Trinajstić information content (AvgIpc) is 3.24. The Morgan fingerprint density at radius 3 is 2.81 bits per heavy atom. The number of rotatable bonds is 7. The molecule has 3 aromatic heterocycles. The molecule has 0 saturated heterocycles. The lowest BCUT2D eigenvalue weighted by molar-refractivity contribution is 0.664. The van der Waals surface area contributed by atoms with Gasteiger partial charge in [-0.05, 0) is 32.3 Å². The van der Waals surface area contributed by atoms with Gasteiger partial charge >= 0.3 is 5.69 Å². The molecule has 26 heavy (non-hydrogen) atoms. The summed E-state index contributed by atoms with van der Waals surface area (Å²) in [7, 11) is 0. The Morgan fingerprint density at radius 1 is 1.19 bits per heavy atom. The molecule has 0 unspecified atom stereocenters. The van der Waals surface area contributed by atoms with E-state index in [9.17, 15) is 4.79 Å². The van der Waals surface area contributed by atoms with Gasteiger partial charge in [0.1, 0.15) is 5.65 Å². The first-order valence-electron chi connectivity index (χ1n) is 9.52. The Labute approximate surface area is 154 Å². The van der Waals surface area contributed by atoms with Crippen molar-refractivity contribution in [1.82, 2.24) is 19.9 Å². The van der Waals surface area contributed by atoms with Crippen LogP contribution in [-0.2, 0) is 0 Å². The average molecular weight is 354 g/mol. The fourth-order valence-electron chi connectivity index (χ4n) is 2.79. The lowest BCUT2D eigenvalue weighted by Gasteiger charge is -1.99. The molecule has 0 saturated carbocycles. The van der Waals surface area contributed by atoms with Crippen molar-refractivity contribution in [1.29, 1.82) is 0 Å². The third-order valence-corrected chi connectivity index (χ3v) is 4.25. The minimum Gasteiger partial charge on any atom is -0.346 e. The van der Waals surface area contributed by atoms with E-state index < -0.39 is 0 Å². The van der Waals surface area contributed by atoms with Crippen LogP contribution in [0.4, 0.5) is 0 Å². The molecular formula is C21H30N4O. The number of nitrogens with zero attached hydrogens (tertiary/aromatic N) is 1. The Morgan fingerprint density at radius 2 is 2.04 bits per heavy atom. The van der Waals surface area contributed by atoms with Gasteiger partial charge in [-0.15, -0.1) is 0 Å². The number of hydrogen-bond acceptors (Lipinski definition) is 2. The van der Waals surface area contributed by atoms with Crippen molar-refractivity contribution < 1.29 is 0 Å². The Kier molecular flexibility index (Phi) is 7.93. The third-order valence-electron chi connectivity index (χ3n) is 4.25. The van der Waals surface area contributed by atoms with Gasteiger partial charge in [-0.1, -0.05) is 56.9 Å². The van der Waals surface area contributed by atoms with Crippen LogP contribution < -0.4 is 5.69 Å². The highest BCUT2D eigenvalue weighted by Gasteiger charge is 2.04. The maximum absolute atomic E-state index is 11.0. The Hall–Kier alpha value is -2.56. The number of aromatic amines is 3. The van der Waals surface area contributed by atoms with Gasteiger partial charge in [0.05, 0.1) is 17.2 Å². The normalized spacial score (nSPS) is 12.0. The molecule has 140 valence electrons. The number of fused-ring (bicyclic) bond motifs is 3. The van der Waals surface area contributed by atoms with E-state index in [0.29, 0.717) is 0 Å². The molecule has 3 aromatic rings. The van der Waals surface area contributed by atoms with Gasteiger partial charge in [-0.25, -0.2) is 9.78 Å². The van der Waals surface area contributed by atoms with Crippen LogP contribution in [0, 0.1) is 0 Å². The number of nitrogens with one attached hydrogen (secondary N) is 3. The molecule has 0 aliphatic heterocycles. The SMILES string of the molecule is CC/C=C\C=C(/C)CCCCCC.O=c1[nH]c2cnc3[nH]ccc3c2[nH]1. The minimum absolute atomic E-state index is 0.203. The smallest absolute Gasteiger partial charge is 0.323 e. The van der Waals surface area contributed by atoms with E-state index in [2.05, 4.69) is 58.9 Å². The lowest BCUT2D eigenvalue weighted by atomic mass is 10.1. The van der Waals surface area contributed by atoms with Gasteiger partial charge in [-0.2, -0.15) is 0 Å². The van der Waals surface area contributed by atoms with Gasteiger partial charge in [0.15, 0.2) is 0 Å². The summed E-state index contributed by atoms with van der Waals surface area (Å²) < 4.78 is 0. The summed E-state index contributed by atoms with van der Waals surface area (Å²) in [6.07, 6.45) is 17.9. The number of hydrogen-bond donors (Lipinski definition) is 3. The van der Waals surface area contributed by atoms with Crippen molar-refractivity contribution >= 4 is 22.1 Å². The van der Waals surface area contributed by atoms with Crippen LogP contribution in [0.1, 0.15) is 59.3 Å². The van der Waals surface area contributed by atoms with Crippen molar-refractivity contribution in [2.75, 3.05) is 0 Å². The van der Waals surface area contributed by atoms with Crippen LogP contribution in [0.25, 0.3) is 22.1 Å². The van der Waals surface area contributed by atoms with E-state index in [1.165, 1.54) is 37.7 Å². The summed E-state index contributed by atoms with van der Waals surface area (Å²) >= 11 is 0. The summed E-state index contributed by atoms with van der Waals surface area (Å²) in [5.74, 6) is 0. The molecular weight excluding hydrogens is 324 g/mol. The van der Waals surface area contributed by atoms with Crippen LogP contribution in [0.15, 0.2) is 47.1 Å². The second-order valence-electron chi connectivity index (χ2n) is 6.53. The second kappa shape index (κ2) is 10.4. The zero-order valence-corrected chi connectivity index (χ0v) is 16.1. The van der Waals surface area contributed by atoms with E-state index in [-0.39, 0.29) is 5.69 Å². The highest BCUT2D eigenvalue weighted by molar-refractivity contribution is 6.00. The van der Waals surface area contributed by atoms with E-state index in [1.807, 2.05) is 6.07 Å². The number of aromatic nitrogens is 4. The first-order chi connectivity index (χ1) is 12.7. The Balaban J connectivity index is 0.000000187. The molecule has 0 aromatic carbocycles. The molecule has 3 heterocycles. The van der Waals surface area contributed by atoms with Gasteiger partial charge in [0.2, 0.25) is 0 Å². The molecule has 0 bridgehead atoms. The number of pyridine rings is 1. The summed E-state index contributed by atoms with van der Waals surface area (Å²) in [4.78, 5) is 23.5. The van der Waals surface area contributed by atoms with Gasteiger partial charge < -0.3 is 15.0 Å². The van der Waals surface area contributed by atoms with E-state index in [4.69, 9.17) is 0 Å². The quantitative estimate of drug-likeness (QED) is 0.381. The molecule has 0 fully saturated rings. The number of allylic oxidation sites excluding steroid dienone is 4. The topological polar surface area (TPSA) is 77.3 Å². The van der Waals surface area contributed by atoms with E-state index in [0.717, 1.165) is 28.5 Å². The molecule has 0 aliphatic carbocycles. The number of H-pyrrole nitrogens is 3. The third kappa shape index (κ3) is 5.76. The van der Waals surface area contributed by atoms with Crippen LogP contribution in [0.2, 0.25) is 0 Å². The monoisotopic (exact) mass is 354 g/mol. The first kappa shape index (κ1) is 19.8. The van der Waals surface area contributed by atoms with E-state index in [1.54, 1.807) is 12.4 Å². The standard InChI is InChI=1S/C13H24.C8H6N4O/c1-4-6-8-10-12-13(3)11-9-7-5-2;13-8-11-5-3-10-7-4(1-2-9-7)6(5)12-8/h7,9,11H,4-6,8,10,12H2,1-3H3;1-3H,(H,9,10)(H2,11,12,13)/b9-7-,13-11+;. The molecule has 0 aliphatic rings. The molecule has 5 heteroatoms. The molecule has 0 spiro atoms. The summed E-state index contributed by atoms with van der Waals surface area (Å²) in [6.45, 7) is 6.65. The highest BCUT2D eigenvalue weighted by Crippen LogP contribution is 2.17. The van der Waals surface area contributed by atoms with Gasteiger partial charge in [0.25, 0.3) is 0 Å². The molecule has 0 radical (unpaired) electrons. The summed E-state index contributed by atoms with van der Waals surface area (Å²) in [5, 5.41) is 0.927. The van der Waals surface area contributed by atoms with Crippen LogP contribution in [0.5, 0.6) is 0 Å². The predicted octanol–water partition coefficient (Wildman–Crippen LogP) is 5.60. The van der Waals surface area contributed by atoms with Crippen molar-refractivity contribution in [3.05, 3.63) is 52.7 Å². The minimum atomic E-state index is -0.203. The fraction of sp³-hybridized carbons (Fsp3) is 0.429. The lowest BCUT2D eigenvalue weighted by Crippen LogP contribution is -1.99. The molecule has 5 nitrogen and oxygen atoms in total. The first-order valence-corrected chi connectivity index (χ1v) is 9.52. The zero-order valence-electron chi connectivity index (χ0n) is 16.1. The predicted molar refractivity (Wildman–Crippen MR) is 111 cm³/mol. The highest BCUT2D eigenvalue weighted by atomic mass is 16.1. The van der Waals surface area contributed by atoms with Crippen LogP contribution >= 0.6 is 0 Å². The zero-order chi connectivity index (χ0) is 18.8. The summed E-state index contributed by atoms with van der Waals surface area (Å²) in [5.41, 5.74) is 3.63. The van der Waals surface area contributed by atoms with Gasteiger partial charge in [-0.3, -0.25) is 0 Å². The molecule has 0 atom stereocenters. The molecule has 3 rings (SSSR count). The van der Waals surface area contributed by atoms with Gasteiger partial charge in [0, 0.05) is 11.6 Å². The maximum Gasteiger partial charge on any atom is 0.323 e. The van der Waals surface area contributed by atoms with Crippen molar-refractivity contribution in [2.45, 2.75) is 59.3 Å². The fourth-order valence-corrected chi connectivity index (χ4v) is 2.79. The maximum atomic E-state index is 11.0. The summed E-state index contributed by atoms with van der Waals surface area (Å²) in [6, 6.07) is 1.88. The van der Waals surface area contributed by atoms with Crippen molar-refractivity contribution in [2.24, 2.45) is 0 Å². The Bertz CT molecular complexity index is 911. The molecule has 3 N–H and O–H groups in total. The number of unbranched alkanes of at least 4 members (excludes halogenated alkanes) is 3. The second-order valence-corrected chi connectivity index (χ2v) is 6.53. The largest absolute Gasteiger partial charge is 0.346 e. The van der Waals surface area contributed by atoms with E-state index >= 15 is 0 Å². The van der Waals surface area contributed by atoms with Crippen LogP contribution in [-0.4, -0.2) is 19.9 Å². The van der Waals surface area contributed by atoms with Crippen molar-refractivity contribution in [3.63, 3.8) is 0 Å². The van der Waals surface area contributed by atoms with Crippen LogP contribution in [0.3, 0.4) is 0 Å².